The third-order valence-electron chi connectivity index (χ3n) is 7.22. The number of rotatable bonds is 11. The molecule has 1 aliphatic rings. The Hall–Kier alpha value is -4.58. The van der Waals surface area contributed by atoms with Gasteiger partial charge in [0.25, 0.3) is 11.8 Å². The molecule has 0 bridgehead atoms. The second kappa shape index (κ2) is 13.8. The maximum atomic E-state index is 14.7. The maximum absolute atomic E-state index is 14.7. The third kappa shape index (κ3) is 7.13. The number of carbonyl (C=O) groups is 3. The van der Waals surface area contributed by atoms with Gasteiger partial charge in [0.1, 0.15) is 6.07 Å². The van der Waals surface area contributed by atoms with Crippen LogP contribution in [0.4, 0.5) is 14.5 Å². The summed E-state index contributed by atoms with van der Waals surface area (Å²) < 4.78 is 35.3. The lowest BCUT2D eigenvalue weighted by Gasteiger charge is -2.18. The monoisotopic (exact) mass is 629 g/mol. The van der Waals surface area contributed by atoms with Crippen molar-refractivity contribution in [1.29, 1.82) is 5.26 Å². The molecule has 5 N–H and O–H groups in total. The predicted molar refractivity (Wildman–Crippen MR) is 156 cm³/mol. The number of hydrogen-bond donors (Lipinski definition) is 5. The van der Waals surface area contributed by atoms with Crippen molar-refractivity contribution in [2.45, 2.75) is 31.4 Å². The number of anilines is 1. The van der Waals surface area contributed by atoms with Crippen LogP contribution in [0.5, 0.6) is 5.75 Å². The molecule has 3 aromatic rings. The Kier molecular flexibility index (Phi) is 10.1. The highest BCUT2D eigenvalue weighted by molar-refractivity contribution is 6.34. The predicted octanol–water partition coefficient (Wildman–Crippen LogP) is 2.52. The number of β-amino-alcohol motifs (C(OH)–C–C–N with tert-alkyl or cyclic N) is 1. The van der Waals surface area contributed by atoms with Gasteiger partial charge in [-0.15, -0.1) is 0 Å². The molecule has 0 unspecified atom stereocenters. The molecule has 15 heteroatoms. The third-order valence-corrected chi connectivity index (χ3v) is 7.54. The van der Waals surface area contributed by atoms with Crippen molar-refractivity contribution >= 4 is 35.0 Å². The molecule has 12 nitrogen and oxygen atoms in total. The number of nitriles is 1. The van der Waals surface area contributed by atoms with Gasteiger partial charge in [0.05, 0.1) is 34.1 Å². The van der Waals surface area contributed by atoms with E-state index in [-0.39, 0.29) is 52.4 Å². The van der Waals surface area contributed by atoms with Crippen LogP contribution < -0.4 is 26.0 Å². The van der Waals surface area contributed by atoms with Crippen molar-refractivity contribution in [2.75, 3.05) is 31.6 Å². The second-order valence-corrected chi connectivity index (χ2v) is 10.5. The van der Waals surface area contributed by atoms with E-state index in [4.69, 9.17) is 21.6 Å². The lowest BCUT2D eigenvalue weighted by molar-refractivity contribution is -0.123. The molecule has 1 aromatic heterocycles. The minimum Gasteiger partial charge on any atom is -0.476 e. The first-order chi connectivity index (χ1) is 21.0. The second-order valence-electron chi connectivity index (χ2n) is 10.1. The number of imidazole rings is 1. The number of amides is 3. The van der Waals surface area contributed by atoms with E-state index in [2.05, 4.69) is 26.3 Å². The maximum Gasteiger partial charge on any atom is 0.291 e. The van der Waals surface area contributed by atoms with Gasteiger partial charge in [-0.1, -0.05) is 18.5 Å². The first kappa shape index (κ1) is 32.3. The van der Waals surface area contributed by atoms with Gasteiger partial charge < -0.3 is 35.7 Å². The van der Waals surface area contributed by atoms with Crippen molar-refractivity contribution in [2.24, 2.45) is 7.05 Å². The molecule has 1 aliphatic heterocycles. The van der Waals surface area contributed by atoms with E-state index in [1.165, 1.54) is 48.1 Å². The van der Waals surface area contributed by atoms with E-state index in [0.717, 1.165) is 0 Å². The van der Waals surface area contributed by atoms with E-state index in [1.54, 1.807) is 6.07 Å². The van der Waals surface area contributed by atoms with Crippen LogP contribution >= 0.6 is 11.6 Å². The van der Waals surface area contributed by atoms with Crippen LogP contribution in [0, 0.1) is 23.0 Å². The molecule has 2 heterocycles. The summed E-state index contributed by atoms with van der Waals surface area (Å²) in [6.07, 6.45) is 2.06. The summed E-state index contributed by atoms with van der Waals surface area (Å²) in [5.41, 5.74) is -0.567. The van der Waals surface area contributed by atoms with E-state index in [1.807, 2.05) is 6.92 Å². The first-order valence-electron chi connectivity index (χ1n) is 13.6. The van der Waals surface area contributed by atoms with Crippen molar-refractivity contribution in [3.63, 3.8) is 0 Å². The summed E-state index contributed by atoms with van der Waals surface area (Å²) in [6.45, 7) is 2.04. The number of ether oxygens (including phenoxy) is 1. The van der Waals surface area contributed by atoms with Crippen LogP contribution in [0.25, 0.3) is 11.3 Å². The molecular formula is C29H30ClF2N7O5. The molecule has 0 spiro atoms. The highest BCUT2D eigenvalue weighted by Gasteiger charge is 2.38. The highest BCUT2D eigenvalue weighted by Crippen LogP contribution is 2.30. The lowest BCUT2D eigenvalue weighted by Crippen LogP contribution is -2.43. The number of halogens is 3. The summed E-state index contributed by atoms with van der Waals surface area (Å²) in [5, 5.41) is 29.9. The average molecular weight is 630 g/mol. The summed E-state index contributed by atoms with van der Waals surface area (Å²) in [4.78, 5) is 41.9. The van der Waals surface area contributed by atoms with Crippen molar-refractivity contribution in [3.05, 3.63) is 64.6 Å². The minimum absolute atomic E-state index is 0.0510. The zero-order chi connectivity index (χ0) is 32.0. The van der Waals surface area contributed by atoms with Gasteiger partial charge in [-0.3, -0.25) is 14.4 Å². The molecule has 44 heavy (non-hydrogen) atoms. The molecule has 4 rings (SSSR count). The van der Waals surface area contributed by atoms with Gasteiger partial charge in [-0.2, -0.15) is 9.65 Å². The van der Waals surface area contributed by atoms with Gasteiger partial charge in [0.2, 0.25) is 11.7 Å². The fourth-order valence-corrected chi connectivity index (χ4v) is 4.92. The highest BCUT2D eigenvalue weighted by atomic mass is 35.5. The van der Waals surface area contributed by atoms with Crippen molar-refractivity contribution in [3.8, 4) is 23.1 Å². The van der Waals surface area contributed by atoms with Crippen molar-refractivity contribution < 1.29 is 33.0 Å². The number of nitrogens with zero attached hydrogens (tertiary/aromatic N) is 3. The van der Waals surface area contributed by atoms with Gasteiger partial charge in [-0.05, 0) is 36.8 Å². The zero-order valence-electron chi connectivity index (χ0n) is 23.8. The Balaban J connectivity index is 1.33. The fraction of sp³-hybridized carbons (Fsp3) is 0.345. The van der Waals surface area contributed by atoms with E-state index in [9.17, 15) is 28.3 Å². The van der Waals surface area contributed by atoms with Gasteiger partial charge >= 0.3 is 0 Å². The summed E-state index contributed by atoms with van der Waals surface area (Å²) in [5.74, 6) is -4.47. The SMILES string of the molecule is CC[C@]1(O)CN[C@@H](C(=O)NCCNC(=O)c2ccc(NC(=O)c3ncc(-c4ccc(OCC#N)c(F)c4F)n3C)cc2Cl)C1. The Morgan fingerprint density at radius 3 is 2.64 bits per heavy atom. The quantitative estimate of drug-likeness (QED) is 0.202. The van der Waals surface area contributed by atoms with Crippen LogP contribution in [0.15, 0.2) is 36.5 Å². The molecule has 2 atom stereocenters. The van der Waals surface area contributed by atoms with Crippen LogP contribution in [0.3, 0.4) is 0 Å². The Morgan fingerprint density at radius 2 is 1.95 bits per heavy atom. The fourth-order valence-electron chi connectivity index (χ4n) is 4.66. The van der Waals surface area contributed by atoms with Gasteiger partial charge in [-0.25, -0.2) is 9.37 Å². The molecule has 1 fully saturated rings. The van der Waals surface area contributed by atoms with E-state index >= 15 is 0 Å². The summed E-state index contributed by atoms with van der Waals surface area (Å²) >= 11 is 6.30. The van der Waals surface area contributed by atoms with Gasteiger partial charge in [0.15, 0.2) is 24.0 Å². The Labute approximate surface area is 256 Å². The molecule has 0 aliphatic carbocycles. The minimum atomic E-state index is -1.28. The van der Waals surface area contributed by atoms with Crippen LogP contribution in [-0.4, -0.2) is 70.3 Å². The van der Waals surface area contributed by atoms with E-state index in [0.29, 0.717) is 19.4 Å². The molecule has 3 amide bonds. The molecular weight excluding hydrogens is 600 g/mol. The smallest absolute Gasteiger partial charge is 0.291 e. The topological polar surface area (TPSA) is 170 Å². The number of benzene rings is 2. The number of aliphatic hydroxyl groups is 1. The average Bonchev–Trinajstić information content (AvgIpc) is 3.59. The normalized spacial score (nSPS) is 17.5. The standard InChI is InChI=1S/C29H30ClF2N7O5/c1-3-29(43)13-20(37-15-29)27(41)35-10-9-34-26(40)17-5-4-16(12-19(17)30)38-28(42)25-36-14-21(39(25)2)18-6-7-22(44-11-8-33)24(32)23(18)31/h4-7,12,14,20,37,43H,3,9-11,13,15H2,1-2H3,(H,34,40)(H,35,41)(H,38,42)/t20-,29-/m1/s1. The van der Waals surface area contributed by atoms with Gasteiger partial charge in [0, 0.05) is 44.4 Å². The number of nitrogens with one attached hydrogen (secondary N) is 4. The lowest BCUT2D eigenvalue weighted by atomic mass is 9.97. The molecule has 1 saturated heterocycles. The number of hydrogen-bond acceptors (Lipinski definition) is 8. The summed E-state index contributed by atoms with van der Waals surface area (Å²) in [7, 11) is 1.45. The van der Waals surface area contributed by atoms with Crippen LogP contribution in [-0.2, 0) is 11.8 Å². The zero-order valence-corrected chi connectivity index (χ0v) is 24.6. The van der Waals surface area contributed by atoms with Crippen molar-refractivity contribution in [1.82, 2.24) is 25.5 Å². The Bertz CT molecular complexity index is 1630. The van der Waals surface area contributed by atoms with Crippen LogP contribution in [0.2, 0.25) is 5.02 Å². The first-order valence-corrected chi connectivity index (χ1v) is 14.0. The number of carbonyl (C=O) groups excluding carboxylic acids is 3. The molecule has 232 valence electrons. The molecule has 0 saturated carbocycles. The molecule has 0 radical (unpaired) electrons. The largest absolute Gasteiger partial charge is 0.476 e. The Morgan fingerprint density at radius 1 is 1.20 bits per heavy atom. The number of aromatic nitrogens is 2. The van der Waals surface area contributed by atoms with E-state index < -0.39 is 47.4 Å². The van der Waals surface area contributed by atoms with Crippen LogP contribution in [0.1, 0.15) is 40.7 Å². The molecule has 2 aromatic carbocycles. The summed E-state index contributed by atoms with van der Waals surface area (Å²) in [6, 6.07) is 7.84.